The van der Waals surface area contributed by atoms with E-state index >= 15 is 0 Å². The van der Waals surface area contributed by atoms with Crippen molar-refractivity contribution in [2.24, 2.45) is 0 Å². The summed E-state index contributed by atoms with van der Waals surface area (Å²) in [4.78, 5) is 0.517. The van der Waals surface area contributed by atoms with Crippen molar-refractivity contribution in [2.45, 2.75) is 70.0 Å². The molecular formula is C17H27Br. The maximum Gasteiger partial charge on any atom is 0.0395 e. The van der Waals surface area contributed by atoms with Crippen molar-refractivity contribution < 1.29 is 0 Å². The average Bonchev–Trinajstić information content (AvgIpc) is 2.39. The monoisotopic (exact) mass is 310 g/mol. The fraction of sp³-hybridized carbons (Fsp3) is 0.647. The molecule has 0 nitrogen and oxygen atoms in total. The van der Waals surface area contributed by atoms with Crippen LogP contribution >= 0.6 is 15.9 Å². The highest BCUT2D eigenvalue weighted by Gasteiger charge is 2.18. The summed E-state index contributed by atoms with van der Waals surface area (Å²) in [6, 6.07) is 9.18. The van der Waals surface area contributed by atoms with Crippen LogP contribution in [0.3, 0.4) is 0 Å². The summed E-state index contributed by atoms with van der Waals surface area (Å²) in [6.07, 6.45) is 6.37. The normalized spacial score (nSPS) is 13.6. The number of rotatable bonds is 7. The second-order valence-electron chi connectivity index (χ2n) is 5.82. The minimum Gasteiger partial charge on any atom is -0.0839 e. The highest BCUT2D eigenvalue weighted by Crippen LogP contribution is 2.32. The third-order valence-electron chi connectivity index (χ3n) is 4.00. The van der Waals surface area contributed by atoms with Crippen molar-refractivity contribution >= 4 is 15.9 Å². The van der Waals surface area contributed by atoms with Gasteiger partial charge in [-0.25, -0.2) is 0 Å². The highest BCUT2D eigenvalue weighted by molar-refractivity contribution is 9.09. The van der Waals surface area contributed by atoms with Crippen molar-refractivity contribution in [3.63, 3.8) is 0 Å². The molecule has 1 aromatic rings. The van der Waals surface area contributed by atoms with Crippen LogP contribution in [0.1, 0.15) is 75.8 Å². The zero-order chi connectivity index (χ0) is 13.6. The molecule has 0 radical (unpaired) electrons. The predicted octanol–water partition coefficient (Wildman–Crippen LogP) is 6.39. The van der Waals surface area contributed by atoms with Crippen LogP contribution in [-0.4, -0.2) is 0 Å². The van der Waals surface area contributed by atoms with E-state index in [2.05, 4.69) is 67.9 Å². The van der Waals surface area contributed by atoms with Gasteiger partial charge < -0.3 is 0 Å². The largest absolute Gasteiger partial charge is 0.0839 e. The number of unbranched alkanes of at least 4 members (excludes halogenated alkanes) is 2. The average molecular weight is 311 g/mol. The van der Waals surface area contributed by atoms with Crippen molar-refractivity contribution in [1.82, 2.24) is 0 Å². The second-order valence-corrected chi connectivity index (χ2v) is 6.93. The summed E-state index contributed by atoms with van der Waals surface area (Å²) in [5.74, 6) is 0. The Bertz CT molecular complexity index is 337. The fourth-order valence-electron chi connectivity index (χ4n) is 2.09. The first-order valence-electron chi connectivity index (χ1n) is 7.25. The molecule has 102 valence electrons. The van der Waals surface area contributed by atoms with Crippen LogP contribution in [0.5, 0.6) is 0 Å². The molecule has 0 aliphatic rings. The smallest absolute Gasteiger partial charge is 0.0395 e. The quantitative estimate of drug-likeness (QED) is 0.404. The third-order valence-corrected chi connectivity index (χ3v) is 4.99. The molecule has 0 aliphatic carbocycles. The van der Waals surface area contributed by atoms with Crippen LogP contribution in [0.25, 0.3) is 0 Å². The first kappa shape index (κ1) is 15.8. The molecule has 0 heterocycles. The molecule has 1 unspecified atom stereocenters. The molecule has 0 spiro atoms. The van der Waals surface area contributed by atoms with Gasteiger partial charge in [-0.05, 0) is 29.4 Å². The van der Waals surface area contributed by atoms with Crippen molar-refractivity contribution in [3.8, 4) is 0 Å². The van der Waals surface area contributed by atoms with Gasteiger partial charge in [0.25, 0.3) is 0 Å². The molecule has 0 saturated carbocycles. The zero-order valence-electron chi connectivity index (χ0n) is 12.3. The van der Waals surface area contributed by atoms with E-state index in [1.54, 1.807) is 0 Å². The van der Waals surface area contributed by atoms with Gasteiger partial charge in [0.1, 0.15) is 0 Å². The van der Waals surface area contributed by atoms with Crippen molar-refractivity contribution in [3.05, 3.63) is 35.4 Å². The van der Waals surface area contributed by atoms with E-state index in [4.69, 9.17) is 0 Å². The van der Waals surface area contributed by atoms with Crippen LogP contribution in [0.15, 0.2) is 24.3 Å². The Morgan fingerprint density at radius 3 is 2.17 bits per heavy atom. The molecule has 0 N–H and O–H groups in total. The maximum atomic E-state index is 3.81. The van der Waals surface area contributed by atoms with Gasteiger partial charge in [-0.2, -0.15) is 0 Å². The second kappa shape index (κ2) is 7.33. The van der Waals surface area contributed by atoms with Gasteiger partial charge >= 0.3 is 0 Å². The summed E-state index contributed by atoms with van der Waals surface area (Å²) in [7, 11) is 0. The van der Waals surface area contributed by atoms with E-state index in [-0.39, 0.29) is 0 Å². The summed E-state index contributed by atoms with van der Waals surface area (Å²) in [6.45, 7) is 9.14. The fourth-order valence-corrected chi connectivity index (χ4v) is 2.72. The molecule has 18 heavy (non-hydrogen) atoms. The van der Waals surface area contributed by atoms with Gasteiger partial charge in [0, 0.05) is 4.83 Å². The van der Waals surface area contributed by atoms with Crippen LogP contribution in [-0.2, 0) is 5.41 Å². The van der Waals surface area contributed by atoms with E-state index in [0.29, 0.717) is 10.2 Å². The Kier molecular flexibility index (Phi) is 6.42. The van der Waals surface area contributed by atoms with Crippen LogP contribution in [0.2, 0.25) is 0 Å². The molecule has 0 fully saturated rings. The van der Waals surface area contributed by atoms with Crippen molar-refractivity contribution in [1.29, 1.82) is 0 Å². The van der Waals surface area contributed by atoms with E-state index in [0.717, 1.165) is 0 Å². The van der Waals surface area contributed by atoms with E-state index in [1.807, 2.05) is 0 Å². The van der Waals surface area contributed by atoms with Crippen molar-refractivity contribution in [2.75, 3.05) is 0 Å². The molecular weight excluding hydrogens is 284 g/mol. The lowest BCUT2D eigenvalue weighted by molar-refractivity contribution is 0.506. The van der Waals surface area contributed by atoms with E-state index in [9.17, 15) is 0 Å². The standard InChI is InChI=1S/C17H27Br/c1-5-7-8-9-16(18)14-10-12-15(13-11-14)17(3,4)6-2/h10-13,16H,5-9H2,1-4H3. The number of hydrogen-bond donors (Lipinski definition) is 0. The number of alkyl halides is 1. The Labute approximate surface area is 121 Å². The molecule has 0 saturated heterocycles. The van der Waals surface area contributed by atoms with Gasteiger partial charge in [-0.1, -0.05) is 87.2 Å². The Morgan fingerprint density at radius 2 is 1.67 bits per heavy atom. The Morgan fingerprint density at radius 1 is 1.06 bits per heavy atom. The topological polar surface area (TPSA) is 0 Å². The molecule has 0 aromatic heterocycles. The first-order valence-corrected chi connectivity index (χ1v) is 8.17. The molecule has 1 rings (SSSR count). The summed E-state index contributed by atoms with van der Waals surface area (Å²) in [5, 5.41) is 0. The summed E-state index contributed by atoms with van der Waals surface area (Å²) < 4.78 is 0. The Hall–Kier alpha value is -0.300. The number of halogens is 1. The molecule has 0 amide bonds. The molecule has 1 aromatic carbocycles. The van der Waals surface area contributed by atoms with Crippen LogP contribution in [0, 0.1) is 0 Å². The van der Waals surface area contributed by atoms with E-state index < -0.39 is 0 Å². The van der Waals surface area contributed by atoms with Gasteiger partial charge in [0.05, 0.1) is 0 Å². The van der Waals surface area contributed by atoms with Gasteiger partial charge in [0.15, 0.2) is 0 Å². The molecule has 0 bridgehead atoms. The predicted molar refractivity (Wildman–Crippen MR) is 85.6 cm³/mol. The SMILES string of the molecule is CCCCCC(Br)c1ccc(C(C)(C)CC)cc1. The highest BCUT2D eigenvalue weighted by atomic mass is 79.9. The summed E-state index contributed by atoms with van der Waals surface area (Å²) in [5.41, 5.74) is 3.16. The summed E-state index contributed by atoms with van der Waals surface area (Å²) >= 11 is 3.81. The van der Waals surface area contributed by atoms with Gasteiger partial charge in [-0.3, -0.25) is 0 Å². The molecule has 1 atom stereocenters. The number of benzene rings is 1. The minimum absolute atomic E-state index is 0.294. The van der Waals surface area contributed by atoms with E-state index in [1.165, 1.54) is 43.2 Å². The number of hydrogen-bond acceptors (Lipinski definition) is 0. The van der Waals surface area contributed by atoms with Crippen LogP contribution in [0.4, 0.5) is 0 Å². The lowest BCUT2D eigenvalue weighted by atomic mass is 9.82. The first-order chi connectivity index (χ1) is 8.51. The molecule has 0 aliphatic heterocycles. The zero-order valence-corrected chi connectivity index (χ0v) is 13.9. The molecule has 1 heteroatoms. The van der Waals surface area contributed by atoms with Gasteiger partial charge in [-0.15, -0.1) is 0 Å². The third kappa shape index (κ3) is 4.42. The maximum absolute atomic E-state index is 3.81. The van der Waals surface area contributed by atoms with Gasteiger partial charge in [0.2, 0.25) is 0 Å². The Balaban J connectivity index is 2.65. The minimum atomic E-state index is 0.294. The lowest BCUT2D eigenvalue weighted by Crippen LogP contribution is -2.15. The van der Waals surface area contributed by atoms with Crippen LogP contribution < -0.4 is 0 Å². The lowest BCUT2D eigenvalue weighted by Gasteiger charge is -2.23.